The number of nitrogens with zero attached hydrogens (tertiary/aromatic N) is 4. The Bertz CT molecular complexity index is 518. The quantitative estimate of drug-likeness (QED) is 0.671. The van der Waals surface area contributed by atoms with E-state index in [1.54, 1.807) is 4.90 Å². The number of alkyl halides is 3. The molecule has 0 aromatic carbocycles. The number of nitrogen functional groups attached to an aromatic ring is 1. The fourth-order valence-electron chi connectivity index (χ4n) is 2.20. The van der Waals surface area contributed by atoms with Crippen LogP contribution in [-0.2, 0) is 11.0 Å². The topological polar surface area (TPSA) is 77.0 Å². The van der Waals surface area contributed by atoms with Gasteiger partial charge < -0.3 is 10.7 Å². The summed E-state index contributed by atoms with van der Waals surface area (Å²) < 4.78 is 37.9. The van der Waals surface area contributed by atoms with E-state index < -0.39 is 12.0 Å². The van der Waals surface area contributed by atoms with Crippen molar-refractivity contribution >= 4 is 17.7 Å². The van der Waals surface area contributed by atoms with E-state index in [4.69, 9.17) is 5.84 Å². The molecule has 2 rings (SSSR count). The smallest absolute Gasteiger partial charge is 0.342 e. The number of carbonyl (C=O) groups excluding carboxylic acids is 1. The van der Waals surface area contributed by atoms with Gasteiger partial charge in [-0.1, -0.05) is 18.7 Å². The van der Waals surface area contributed by atoms with Crippen molar-refractivity contribution in [3.8, 4) is 0 Å². The third-order valence-electron chi connectivity index (χ3n) is 3.25. The highest BCUT2D eigenvalue weighted by atomic mass is 32.2. The van der Waals surface area contributed by atoms with E-state index in [-0.39, 0.29) is 16.8 Å². The second-order valence-electron chi connectivity index (χ2n) is 5.05. The number of hydrogen-bond acceptors (Lipinski definition) is 5. The summed E-state index contributed by atoms with van der Waals surface area (Å²) in [5.74, 6) is 4.35. The van der Waals surface area contributed by atoms with E-state index in [9.17, 15) is 18.0 Å². The molecule has 6 nitrogen and oxygen atoms in total. The van der Waals surface area contributed by atoms with E-state index in [1.807, 2.05) is 0 Å². The van der Waals surface area contributed by atoms with Crippen molar-refractivity contribution in [3.63, 3.8) is 0 Å². The third-order valence-corrected chi connectivity index (χ3v) is 4.18. The van der Waals surface area contributed by atoms with Crippen LogP contribution in [0.5, 0.6) is 0 Å². The largest absolute Gasteiger partial charge is 0.453 e. The average Bonchev–Trinajstić information content (AvgIpc) is 2.77. The molecule has 0 spiro atoms. The van der Waals surface area contributed by atoms with Crippen molar-refractivity contribution < 1.29 is 18.0 Å². The molecule has 2 heterocycles. The Morgan fingerprint density at radius 2 is 2.19 bits per heavy atom. The van der Waals surface area contributed by atoms with Crippen LogP contribution in [0.1, 0.15) is 25.6 Å². The predicted molar refractivity (Wildman–Crippen MR) is 70.9 cm³/mol. The molecule has 2 N–H and O–H groups in total. The predicted octanol–water partition coefficient (Wildman–Crippen LogP) is 1.36. The molecule has 1 fully saturated rings. The summed E-state index contributed by atoms with van der Waals surface area (Å²) in [5.41, 5.74) is 0. The average molecular weight is 323 g/mol. The van der Waals surface area contributed by atoms with Gasteiger partial charge in [0, 0.05) is 13.1 Å². The zero-order valence-corrected chi connectivity index (χ0v) is 12.2. The number of halogens is 3. The molecular weight excluding hydrogens is 307 g/mol. The molecule has 0 aliphatic carbocycles. The van der Waals surface area contributed by atoms with Crippen molar-refractivity contribution in [2.45, 2.75) is 31.1 Å². The van der Waals surface area contributed by atoms with Crippen LogP contribution in [0.4, 0.5) is 13.2 Å². The number of thioether (sulfide) groups is 1. The maximum absolute atomic E-state index is 12.5. The molecule has 118 valence electrons. The van der Waals surface area contributed by atoms with Crippen LogP contribution in [0.15, 0.2) is 5.16 Å². The highest BCUT2D eigenvalue weighted by Gasteiger charge is 2.38. The molecule has 0 bridgehead atoms. The molecule has 1 amide bonds. The van der Waals surface area contributed by atoms with Gasteiger partial charge in [0.1, 0.15) is 0 Å². The Labute approximate surface area is 123 Å². The molecule has 21 heavy (non-hydrogen) atoms. The maximum atomic E-state index is 12.5. The van der Waals surface area contributed by atoms with Crippen molar-refractivity contribution in [2.24, 2.45) is 5.92 Å². The minimum absolute atomic E-state index is 0.0000888. The highest BCUT2D eigenvalue weighted by Crippen LogP contribution is 2.29. The minimum atomic E-state index is -4.66. The Morgan fingerprint density at radius 3 is 2.76 bits per heavy atom. The second kappa shape index (κ2) is 6.12. The molecule has 0 unspecified atom stereocenters. The number of rotatable bonds is 3. The van der Waals surface area contributed by atoms with Crippen LogP contribution in [-0.4, -0.2) is 44.5 Å². The minimum Gasteiger partial charge on any atom is -0.342 e. The molecule has 1 saturated heterocycles. The molecular formula is C11H16F3N5OS. The van der Waals surface area contributed by atoms with E-state index in [0.29, 0.717) is 23.7 Å². The van der Waals surface area contributed by atoms with Crippen molar-refractivity contribution in [2.75, 3.05) is 24.7 Å². The molecule has 1 aliphatic heterocycles. The van der Waals surface area contributed by atoms with Crippen molar-refractivity contribution in [1.82, 2.24) is 19.8 Å². The number of hydrogen-bond donors (Lipinski definition) is 1. The number of amides is 1. The summed E-state index contributed by atoms with van der Waals surface area (Å²) in [7, 11) is 0. The number of piperidine rings is 1. The molecule has 1 aromatic rings. The first-order valence-corrected chi connectivity index (χ1v) is 7.46. The Morgan fingerprint density at radius 1 is 1.48 bits per heavy atom. The van der Waals surface area contributed by atoms with Gasteiger partial charge >= 0.3 is 6.18 Å². The van der Waals surface area contributed by atoms with Crippen LogP contribution in [0.25, 0.3) is 0 Å². The lowest BCUT2D eigenvalue weighted by molar-refractivity contribution is -0.146. The van der Waals surface area contributed by atoms with Crippen LogP contribution < -0.4 is 5.84 Å². The van der Waals surface area contributed by atoms with E-state index in [2.05, 4.69) is 17.1 Å². The Kier molecular flexibility index (Phi) is 4.64. The number of carbonyl (C=O) groups is 1. The molecule has 1 atom stereocenters. The summed E-state index contributed by atoms with van der Waals surface area (Å²) in [6, 6.07) is 0. The molecule has 0 radical (unpaired) electrons. The van der Waals surface area contributed by atoms with Gasteiger partial charge in [0.2, 0.25) is 11.1 Å². The van der Waals surface area contributed by atoms with E-state index in [0.717, 1.165) is 24.6 Å². The Hall–Kier alpha value is -1.45. The van der Waals surface area contributed by atoms with Crippen molar-refractivity contribution in [1.29, 1.82) is 0 Å². The third kappa shape index (κ3) is 3.80. The number of nitrogens with two attached hydrogens (primary N) is 1. The first-order chi connectivity index (χ1) is 9.79. The molecule has 1 aliphatic rings. The van der Waals surface area contributed by atoms with Crippen LogP contribution >= 0.6 is 11.8 Å². The number of likely N-dealkylation sites (tertiary alicyclic amines) is 1. The summed E-state index contributed by atoms with van der Waals surface area (Å²) in [6.45, 7) is 3.44. The summed E-state index contributed by atoms with van der Waals surface area (Å²) >= 11 is 0.860. The van der Waals surface area contributed by atoms with Gasteiger partial charge in [-0.3, -0.25) is 4.79 Å². The monoisotopic (exact) mass is 323 g/mol. The maximum Gasteiger partial charge on any atom is 0.453 e. The summed E-state index contributed by atoms with van der Waals surface area (Å²) in [5, 5.41) is 6.26. The van der Waals surface area contributed by atoms with Gasteiger partial charge in [-0.2, -0.15) is 13.2 Å². The zero-order chi connectivity index (χ0) is 15.6. The van der Waals surface area contributed by atoms with E-state index >= 15 is 0 Å². The normalized spacial score (nSPS) is 19.8. The van der Waals surface area contributed by atoms with Crippen LogP contribution in [0.2, 0.25) is 0 Å². The zero-order valence-electron chi connectivity index (χ0n) is 11.4. The first-order valence-electron chi connectivity index (χ1n) is 6.47. The van der Waals surface area contributed by atoms with Gasteiger partial charge in [-0.15, -0.1) is 10.2 Å². The standard InChI is InChI=1S/C11H16F3N5OS/c1-7-3-2-4-18(5-7)8(20)6-21-10-17-16-9(19(10)15)11(12,13)14/h7H,2-6,15H2,1H3/t7-/m0/s1. The number of aromatic nitrogens is 3. The fraction of sp³-hybridized carbons (Fsp3) is 0.727. The fourth-order valence-corrected chi connectivity index (χ4v) is 2.96. The van der Waals surface area contributed by atoms with E-state index in [1.165, 1.54) is 0 Å². The molecule has 1 aromatic heterocycles. The summed E-state index contributed by atoms with van der Waals surface area (Å²) in [4.78, 5) is 13.7. The van der Waals surface area contributed by atoms with Gasteiger partial charge in [-0.25, -0.2) is 4.68 Å². The first kappa shape index (κ1) is 15.9. The second-order valence-corrected chi connectivity index (χ2v) is 5.99. The van der Waals surface area contributed by atoms with Crippen LogP contribution in [0.3, 0.4) is 0 Å². The SMILES string of the molecule is C[C@H]1CCCN(C(=O)CSc2nnc(C(F)(F)F)n2N)C1. The van der Waals surface area contributed by atoms with Gasteiger partial charge in [0.25, 0.3) is 5.82 Å². The lowest BCUT2D eigenvalue weighted by Gasteiger charge is -2.30. The highest BCUT2D eigenvalue weighted by molar-refractivity contribution is 7.99. The van der Waals surface area contributed by atoms with Gasteiger partial charge in [0.15, 0.2) is 0 Å². The molecule has 0 saturated carbocycles. The van der Waals surface area contributed by atoms with Gasteiger partial charge in [0.05, 0.1) is 5.75 Å². The summed E-state index contributed by atoms with van der Waals surface area (Å²) in [6.07, 6.45) is -2.63. The Balaban J connectivity index is 1.94. The van der Waals surface area contributed by atoms with Gasteiger partial charge in [-0.05, 0) is 18.8 Å². The lowest BCUT2D eigenvalue weighted by atomic mass is 10.0. The van der Waals surface area contributed by atoms with Crippen LogP contribution in [0, 0.1) is 5.92 Å². The molecule has 10 heteroatoms. The van der Waals surface area contributed by atoms with Crippen molar-refractivity contribution in [3.05, 3.63) is 5.82 Å². The lowest BCUT2D eigenvalue weighted by Crippen LogP contribution is -2.40.